The molecule has 0 spiro atoms. The molecule has 1 aromatic rings. The number of benzene rings is 1. The van der Waals surface area contributed by atoms with Gasteiger partial charge in [-0.3, -0.25) is 0 Å². The lowest BCUT2D eigenvalue weighted by molar-refractivity contribution is 0.126. The van der Waals surface area contributed by atoms with Gasteiger partial charge in [0.25, 0.3) is 0 Å². The predicted molar refractivity (Wildman–Crippen MR) is 80.2 cm³/mol. The summed E-state index contributed by atoms with van der Waals surface area (Å²) in [5.74, 6) is 0.478. The molecule has 0 aromatic heterocycles. The Morgan fingerprint density at radius 2 is 2.28 bits per heavy atom. The summed E-state index contributed by atoms with van der Waals surface area (Å²) in [7, 11) is 0. The first-order valence-corrected chi connectivity index (χ1v) is 7.58. The smallest absolute Gasteiger partial charge is 0.0664 e. The van der Waals surface area contributed by atoms with E-state index in [1.807, 2.05) is 18.2 Å². The lowest BCUT2D eigenvalue weighted by atomic mass is 9.74. The van der Waals surface area contributed by atoms with Gasteiger partial charge < -0.3 is 10.4 Å². The summed E-state index contributed by atoms with van der Waals surface area (Å²) < 4.78 is 0.880. The van der Waals surface area contributed by atoms with Crippen LogP contribution in [0, 0.1) is 5.92 Å². The van der Waals surface area contributed by atoms with Gasteiger partial charge in [0, 0.05) is 10.2 Å². The van der Waals surface area contributed by atoms with Crippen LogP contribution < -0.4 is 5.32 Å². The minimum atomic E-state index is -0.189. The maximum atomic E-state index is 9.80. The quantitative estimate of drug-likeness (QED) is 0.856. The van der Waals surface area contributed by atoms with E-state index in [1.54, 1.807) is 0 Å². The van der Waals surface area contributed by atoms with Crippen LogP contribution in [-0.4, -0.2) is 17.3 Å². The molecular formula is C14H19BrClNO. The fraction of sp³-hybridized carbons (Fsp3) is 0.571. The fourth-order valence-electron chi connectivity index (χ4n) is 2.74. The van der Waals surface area contributed by atoms with Crippen molar-refractivity contribution in [3.63, 3.8) is 0 Å². The Labute approximate surface area is 122 Å². The van der Waals surface area contributed by atoms with Crippen molar-refractivity contribution >= 4 is 33.2 Å². The van der Waals surface area contributed by atoms with Crippen LogP contribution >= 0.6 is 27.5 Å². The van der Waals surface area contributed by atoms with Gasteiger partial charge in [-0.2, -0.15) is 0 Å². The standard InChI is InChI=1S/C14H19BrClNO/c1-10-4-2-3-7-14(10,9-18)17-11-5-6-13(16)12(15)8-11/h5-6,8,10,17-18H,2-4,7,9H2,1H3. The molecule has 1 aromatic carbocycles. The number of halogens is 2. The summed E-state index contributed by atoms with van der Waals surface area (Å²) in [6, 6.07) is 5.80. The summed E-state index contributed by atoms with van der Waals surface area (Å²) in [5.41, 5.74) is 0.819. The van der Waals surface area contributed by atoms with E-state index in [2.05, 4.69) is 28.2 Å². The Bertz CT molecular complexity index is 426. The van der Waals surface area contributed by atoms with Crippen molar-refractivity contribution in [3.05, 3.63) is 27.7 Å². The van der Waals surface area contributed by atoms with Crippen molar-refractivity contribution in [2.45, 2.75) is 38.1 Å². The molecule has 2 nitrogen and oxygen atoms in total. The van der Waals surface area contributed by atoms with Crippen molar-refractivity contribution in [2.24, 2.45) is 5.92 Å². The van der Waals surface area contributed by atoms with E-state index in [4.69, 9.17) is 11.6 Å². The SMILES string of the molecule is CC1CCCCC1(CO)Nc1ccc(Cl)c(Br)c1. The van der Waals surface area contributed by atoms with Crippen molar-refractivity contribution in [2.75, 3.05) is 11.9 Å². The van der Waals surface area contributed by atoms with E-state index in [1.165, 1.54) is 19.3 Å². The molecule has 0 saturated heterocycles. The van der Waals surface area contributed by atoms with Gasteiger partial charge >= 0.3 is 0 Å². The molecule has 1 aliphatic carbocycles. The monoisotopic (exact) mass is 331 g/mol. The van der Waals surface area contributed by atoms with Crippen LogP contribution in [0.3, 0.4) is 0 Å². The second kappa shape index (κ2) is 5.81. The molecule has 0 amide bonds. The third-order valence-electron chi connectivity index (χ3n) is 4.05. The normalized spacial score (nSPS) is 28.1. The molecule has 2 N–H and O–H groups in total. The largest absolute Gasteiger partial charge is 0.394 e. The zero-order chi connectivity index (χ0) is 13.2. The molecule has 1 aliphatic rings. The van der Waals surface area contributed by atoms with E-state index >= 15 is 0 Å². The van der Waals surface area contributed by atoms with Gasteiger partial charge in [-0.15, -0.1) is 0 Å². The highest BCUT2D eigenvalue weighted by Gasteiger charge is 2.37. The predicted octanol–water partition coefficient (Wildman–Crippen LogP) is 4.46. The maximum Gasteiger partial charge on any atom is 0.0664 e. The van der Waals surface area contributed by atoms with Crippen molar-refractivity contribution in [1.29, 1.82) is 0 Å². The first-order valence-electron chi connectivity index (χ1n) is 6.41. The molecule has 2 atom stereocenters. The van der Waals surface area contributed by atoms with E-state index < -0.39 is 0 Å². The van der Waals surface area contributed by atoms with Gasteiger partial charge in [-0.05, 0) is 52.9 Å². The van der Waals surface area contributed by atoms with Gasteiger partial charge in [0.1, 0.15) is 0 Å². The highest BCUT2D eigenvalue weighted by molar-refractivity contribution is 9.10. The summed E-state index contributed by atoms with van der Waals surface area (Å²) in [6.45, 7) is 2.39. The van der Waals surface area contributed by atoms with Crippen molar-refractivity contribution < 1.29 is 5.11 Å². The van der Waals surface area contributed by atoms with Crippen LogP contribution in [0.15, 0.2) is 22.7 Å². The average Bonchev–Trinajstić information content (AvgIpc) is 2.37. The summed E-state index contributed by atoms with van der Waals surface area (Å²) in [5, 5.41) is 14.0. The van der Waals surface area contributed by atoms with Gasteiger partial charge in [-0.25, -0.2) is 0 Å². The molecule has 2 rings (SSSR count). The van der Waals surface area contributed by atoms with Crippen LogP contribution in [0.1, 0.15) is 32.6 Å². The third-order valence-corrected chi connectivity index (χ3v) is 5.26. The minimum Gasteiger partial charge on any atom is -0.394 e. The second-order valence-electron chi connectivity index (χ2n) is 5.21. The number of hydrogen-bond acceptors (Lipinski definition) is 2. The molecular weight excluding hydrogens is 314 g/mol. The second-order valence-corrected chi connectivity index (χ2v) is 6.48. The molecule has 18 heavy (non-hydrogen) atoms. The minimum absolute atomic E-state index is 0.175. The highest BCUT2D eigenvalue weighted by atomic mass is 79.9. The zero-order valence-corrected chi connectivity index (χ0v) is 12.9. The Morgan fingerprint density at radius 3 is 2.89 bits per heavy atom. The highest BCUT2D eigenvalue weighted by Crippen LogP contribution is 2.37. The molecule has 1 saturated carbocycles. The van der Waals surface area contributed by atoms with Gasteiger partial charge in [0.2, 0.25) is 0 Å². The third kappa shape index (κ3) is 2.84. The van der Waals surface area contributed by atoms with E-state index in [0.717, 1.165) is 16.6 Å². The van der Waals surface area contributed by atoms with E-state index in [0.29, 0.717) is 10.9 Å². The van der Waals surface area contributed by atoms with E-state index in [-0.39, 0.29) is 12.1 Å². The number of aliphatic hydroxyl groups excluding tert-OH is 1. The topological polar surface area (TPSA) is 32.3 Å². The van der Waals surface area contributed by atoms with Crippen LogP contribution in [0.5, 0.6) is 0 Å². The summed E-state index contributed by atoms with van der Waals surface area (Å²) in [6.07, 6.45) is 4.62. The number of rotatable bonds is 3. The molecule has 4 heteroatoms. The summed E-state index contributed by atoms with van der Waals surface area (Å²) in [4.78, 5) is 0. The Hall–Kier alpha value is -0.250. The molecule has 0 bridgehead atoms. The molecule has 1 fully saturated rings. The van der Waals surface area contributed by atoms with Gasteiger partial charge in [-0.1, -0.05) is 31.4 Å². The van der Waals surface area contributed by atoms with Crippen LogP contribution in [0.25, 0.3) is 0 Å². The van der Waals surface area contributed by atoms with Gasteiger partial charge in [0.15, 0.2) is 0 Å². The zero-order valence-electron chi connectivity index (χ0n) is 10.5. The number of nitrogens with one attached hydrogen (secondary N) is 1. The number of anilines is 1. The summed E-state index contributed by atoms with van der Waals surface area (Å²) >= 11 is 9.43. The Kier molecular flexibility index (Phi) is 4.57. The molecule has 0 radical (unpaired) electrons. The Balaban J connectivity index is 2.21. The first-order chi connectivity index (χ1) is 8.57. The first kappa shape index (κ1) is 14.2. The maximum absolute atomic E-state index is 9.80. The van der Waals surface area contributed by atoms with E-state index in [9.17, 15) is 5.11 Å². The number of hydrogen-bond donors (Lipinski definition) is 2. The molecule has 0 heterocycles. The van der Waals surface area contributed by atoms with Crippen molar-refractivity contribution in [3.8, 4) is 0 Å². The molecule has 2 unspecified atom stereocenters. The lowest BCUT2D eigenvalue weighted by Crippen LogP contribution is -2.49. The fourth-order valence-corrected chi connectivity index (χ4v) is 3.23. The molecule has 100 valence electrons. The average molecular weight is 333 g/mol. The van der Waals surface area contributed by atoms with Crippen LogP contribution in [-0.2, 0) is 0 Å². The Morgan fingerprint density at radius 1 is 1.50 bits per heavy atom. The van der Waals surface area contributed by atoms with Crippen molar-refractivity contribution in [1.82, 2.24) is 0 Å². The lowest BCUT2D eigenvalue weighted by Gasteiger charge is -2.43. The molecule has 0 aliphatic heterocycles. The van der Waals surface area contributed by atoms with Crippen LogP contribution in [0.4, 0.5) is 5.69 Å². The number of aliphatic hydroxyl groups is 1. The van der Waals surface area contributed by atoms with Gasteiger partial charge in [0.05, 0.1) is 17.2 Å². The van der Waals surface area contributed by atoms with Crippen LogP contribution in [0.2, 0.25) is 5.02 Å².